The quantitative estimate of drug-likeness (QED) is 0.845. The van der Waals surface area contributed by atoms with Crippen molar-refractivity contribution in [3.63, 3.8) is 0 Å². The van der Waals surface area contributed by atoms with Gasteiger partial charge in [-0.2, -0.15) is 0 Å². The number of benzene rings is 1. The highest BCUT2D eigenvalue weighted by atomic mass is 32.1. The highest BCUT2D eigenvalue weighted by Gasteiger charge is 2.10. The lowest BCUT2D eigenvalue weighted by Gasteiger charge is -2.19. The van der Waals surface area contributed by atoms with Gasteiger partial charge >= 0.3 is 0 Å². The van der Waals surface area contributed by atoms with E-state index < -0.39 is 0 Å². The van der Waals surface area contributed by atoms with E-state index >= 15 is 0 Å². The molecule has 0 saturated carbocycles. The van der Waals surface area contributed by atoms with Gasteiger partial charge in [-0.15, -0.1) is 0 Å². The maximum Gasteiger partial charge on any atom is 0.186 e. The van der Waals surface area contributed by atoms with Crippen molar-refractivity contribution in [1.29, 1.82) is 0 Å². The first-order chi connectivity index (χ1) is 8.10. The molecule has 2 aromatic rings. The maximum atomic E-state index is 5.78. The normalized spacial score (nSPS) is 12.9. The Bertz CT molecular complexity index is 506. The third kappa shape index (κ3) is 2.69. The summed E-state index contributed by atoms with van der Waals surface area (Å²) >= 11 is 1.71. The SMILES string of the molecule is CCC(C)CN(C)c1nc2ccc(N)cc2s1. The molecule has 0 aliphatic rings. The first-order valence-corrected chi connectivity index (χ1v) is 6.79. The molecule has 0 spiro atoms. The second kappa shape index (κ2) is 4.92. The van der Waals surface area contributed by atoms with Crippen LogP contribution in [0.15, 0.2) is 18.2 Å². The van der Waals surface area contributed by atoms with Gasteiger partial charge in [-0.05, 0) is 24.1 Å². The van der Waals surface area contributed by atoms with Crippen LogP contribution in [0, 0.1) is 5.92 Å². The maximum absolute atomic E-state index is 5.78. The largest absolute Gasteiger partial charge is 0.399 e. The minimum Gasteiger partial charge on any atom is -0.399 e. The summed E-state index contributed by atoms with van der Waals surface area (Å²) in [5, 5.41) is 1.07. The Morgan fingerprint density at radius 2 is 2.24 bits per heavy atom. The van der Waals surface area contributed by atoms with Crippen LogP contribution in [0.2, 0.25) is 0 Å². The van der Waals surface area contributed by atoms with Gasteiger partial charge in [0.15, 0.2) is 5.13 Å². The molecule has 0 bridgehead atoms. The van der Waals surface area contributed by atoms with Gasteiger partial charge < -0.3 is 10.6 Å². The fourth-order valence-electron chi connectivity index (χ4n) is 1.77. The van der Waals surface area contributed by atoms with Crippen molar-refractivity contribution < 1.29 is 0 Å². The van der Waals surface area contributed by atoms with E-state index in [1.165, 1.54) is 6.42 Å². The van der Waals surface area contributed by atoms with Gasteiger partial charge in [0.1, 0.15) is 0 Å². The average molecular weight is 249 g/mol. The van der Waals surface area contributed by atoms with E-state index in [4.69, 9.17) is 5.73 Å². The lowest BCUT2D eigenvalue weighted by atomic mass is 10.1. The number of anilines is 2. The van der Waals surface area contributed by atoms with Crippen LogP contribution in [0.1, 0.15) is 20.3 Å². The van der Waals surface area contributed by atoms with Crippen LogP contribution in [0.3, 0.4) is 0 Å². The molecule has 0 radical (unpaired) electrons. The molecule has 2 N–H and O–H groups in total. The Morgan fingerprint density at radius 1 is 1.47 bits per heavy atom. The molecule has 1 aromatic heterocycles. The molecule has 0 aliphatic carbocycles. The van der Waals surface area contributed by atoms with E-state index in [0.29, 0.717) is 5.92 Å². The van der Waals surface area contributed by atoms with Gasteiger partial charge in [0.2, 0.25) is 0 Å². The third-order valence-corrected chi connectivity index (χ3v) is 4.14. The van der Waals surface area contributed by atoms with Crippen molar-refractivity contribution in [2.24, 2.45) is 5.92 Å². The lowest BCUT2D eigenvalue weighted by Crippen LogP contribution is -2.23. The number of nitrogens with two attached hydrogens (primary N) is 1. The van der Waals surface area contributed by atoms with Crippen molar-refractivity contribution in [3.8, 4) is 0 Å². The molecule has 0 fully saturated rings. The molecular formula is C13H19N3S. The minimum absolute atomic E-state index is 0.692. The van der Waals surface area contributed by atoms with Gasteiger partial charge in [-0.25, -0.2) is 4.98 Å². The minimum atomic E-state index is 0.692. The van der Waals surface area contributed by atoms with Gasteiger partial charge in [0, 0.05) is 19.3 Å². The molecule has 4 heteroatoms. The number of nitrogens with zero attached hydrogens (tertiary/aromatic N) is 2. The smallest absolute Gasteiger partial charge is 0.186 e. The van der Waals surface area contributed by atoms with E-state index in [2.05, 4.69) is 30.8 Å². The molecule has 1 atom stereocenters. The number of hydrogen-bond donors (Lipinski definition) is 1. The number of fused-ring (bicyclic) bond motifs is 1. The summed E-state index contributed by atoms with van der Waals surface area (Å²) in [7, 11) is 2.10. The standard InChI is InChI=1S/C13H19N3S/c1-4-9(2)8-16(3)13-15-11-6-5-10(14)7-12(11)17-13/h5-7,9H,4,8,14H2,1-3H3. The Hall–Kier alpha value is -1.29. The van der Waals surface area contributed by atoms with E-state index in [1.807, 2.05) is 18.2 Å². The molecular weight excluding hydrogens is 230 g/mol. The molecule has 0 aliphatic heterocycles. The Morgan fingerprint density at radius 3 is 2.94 bits per heavy atom. The molecule has 2 rings (SSSR count). The third-order valence-electron chi connectivity index (χ3n) is 3.01. The van der Waals surface area contributed by atoms with Gasteiger partial charge in [0.25, 0.3) is 0 Å². The van der Waals surface area contributed by atoms with Crippen LogP contribution in [0.5, 0.6) is 0 Å². The molecule has 1 aromatic carbocycles. The number of hydrogen-bond acceptors (Lipinski definition) is 4. The lowest BCUT2D eigenvalue weighted by molar-refractivity contribution is 0.559. The highest BCUT2D eigenvalue weighted by molar-refractivity contribution is 7.22. The molecule has 0 amide bonds. The summed E-state index contributed by atoms with van der Waals surface area (Å²) in [5.41, 5.74) is 7.62. The monoisotopic (exact) mass is 249 g/mol. The Kier molecular flexibility index (Phi) is 3.52. The molecule has 0 saturated heterocycles. The summed E-state index contributed by atoms with van der Waals surface area (Å²) < 4.78 is 1.16. The van der Waals surface area contributed by atoms with Crippen molar-refractivity contribution in [3.05, 3.63) is 18.2 Å². The Labute approximate surface area is 106 Å². The number of aromatic nitrogens is 1. The predicted molar refractivity (Wildman–Crippen MR) is 76.8 cm³/mol. The van der Waals surface area contributed by atoms with Crippen LogP contribution >= 0.6 is 11.3 Å². The van der Waals surface area contributed by atoms with Crippen LogP contribution in [0.4, 0.5) is 10.8 Å². The second-order valence-electron chi connectivity index (χ2n) is 4.62. The zero-order chi connectivity index (χ0) is 12.4. The van der Waals surface area contributed by atoms with Crippen molar-refractivity contribution in [2.75, 3.05) is 24.2 Å². The van der Waals surface area contributed by atoms with Crippen LogP contribution < -0.4 is 10.6 Å². The first kappa shape index (κ1) is 12.2. The van der Waals surface area contributed by atoms with Crippen LogP contribution in [-0.4, -0.2) is 18.6 Å². The summed E-state index contributed by atoms with van der Waals surface area (Å²) in [6, 6.07) is 5.88. The van der Waals surface area contributed by atoms with Gasteiger partial charge in [0.05, 0.1) is 10.2 Å². The van der Waals surface area contributed by atoms with Crippen molar-refractivity contribution in [1.82, 2.24) is 4.98 Å². The number of nitrogen functional groups attached to an aromatic ring is 1. The fraction of sp³-hybridized carbons (Fsp3) is 0.462. The van der Waals surface area contributed by atoms with Crippen LogP contribution in [-0.2, 0) is 0 Å². The first-order valence-electron chi connectivity index (χ1n) is 5.97. The summed E-state index contributed by atoms with van der Waals surface area (Å²) in [6.45, 7) is 5.53. The van der Waals surface area contributed by atoms with Crippen molar-refractivity contribution in [2.45, 2.75) is 20.3 Å². The highest BCUT2D eigenvalue weighted by Crippen LogP contribution is 2.29. The topological polar surface area (TPSA) is 42.2 Å². The number of thiazole rings is 1. The summed E-state index contributed by atoms with van der Waals surface area (Å²) in [5.74, 6) is 0.692. The van der Waals surface area contributed by atoms with E-state index in [1.54, 1.807) is 11.3 Å². The van der Waals surface area contributed by atoms with Gasteiger partial charge in [-0.1, -0.05) is 31.6 Å². The molecule has 17 heavy (non-hydrogen) atoms. The van der Waals surface area contributed by atoms with E-state index in [-0.39, 0.29) is 0 Å². The molecule has 1 heterocycles. The van der Waals surface area contributed by atoms with E-state index in [9.17, 15) is 0 Å². The van der Waals surface area contributed by atoms with Gasteiger partial charge in [-0.3, -0.25) is 0 Å². The molecule has 92 valence electrons. The fourth-order valence-corrected chi connectivity index (χ4v) is 2.75. The van der Waals surface area contributed by atoms with Crippen molar-refractivity contribution >= 4 is 32.4 Å². The van der Waals surface area contributed by atoms with E-state index in [0.717, 1.165) is 27.6 Å². The second-order valence-corrected chi connectivity index (χ2v) is 5.63. The molecule has 3 nitrogen and oxygen atoms in total. The van der Waals surface area contributed by atoms with Crippen LogP contribution in [0.25, 0.3) is 10.2 Å². The molecule has 1 unspecified atom stereocenters. The average Bonchev–Trinajstić information content (AvgIpc) is 2.71. The Balaban J connectivity index is 2.24. The summed E-state index contributed by atoms with van der Waals surface area (Å²) in [4.78, 5) is 6.86. The predicted octanol–water partition coefficient (Wildman–Crippen LogP) is 3.36. The number of rotatable bonds is 4. The summed E-state index contributed by atoms with van der Waals surface area (Å²) in [6.07, 6.45) is 1.20. The zero-order valence-corrected chi connectivity index (χ0v) is 11.4. The zero-order valence-electron chi connectivity index (χ0n) is 10.6.